The van der Waals surface area contributed by atoms with E-state index in [0.717, 1.165) is 25.7 Å². The van der Waals surface area contributed by atoms with Crippen LogP contribution in [0.3, 0.4) is 0 Å². The summed E-state index contributed by atoms with van der Waals surface area (Å²) in [5.41, 5.74) is 1.11. The van der Waals surface area contributed by atoms with Crippen LogP contribution in [0.1, 0.15) is 39.7 Å². The molecule has 0 radical (unpaired) electrons. The first-order valence-electron chi connectivity index (χ1n) is 13.7. The molecule has 1 N–H and O–H groups in total. The molecular weight excluding hydrogens is 638 g/mol. The number of thioether (sulfide) groups is 1. The molecule has 2 amide bonds. The Morgan fingerprint density at radius 2 is 1.57 bits per heavy atom. The molecule has 0 saturated heterocycles. The minimum atomic E-state index is -4.15. The van der Waals surface area contributed by atoms with Gasteiger partial charge in [-0.3, -0.25) is 13.9 Å². The summed E-state index contributed by atoms with van der Waals surface area (Å²) in [6, 6.07) is 19.6. The Morgan fingerprint density at radius 3 is 2.12 bits per heavy atom. The van der Waals surface area contributed by atoms with Crippen molar-refractivity contribution in [1.29, 1.82) is 0 Å². The standard InChI is InChI=1S/C31H38BrN3O5S2/c1-6-22(3)33-31(37)23(4)34(20-24-8-10-25(32)11-9-24)30(36)21-35(26-12-14-27(15-13-26)40-7-2)42(38,39)29-18-16-28(41-5)17-19-29/h8-19,22-23H,6-7,20-21H2,1-5H3,(H,33,37)/t22-,23-/m0/s1. The molecule has 3 rings (SSSR count). The van der Waals surface area contributed by atoms with E-state index >= 15 is 0 Å². The van der Waals surface area contributed by atoms with Crippen molar-refractivity contribution in [3.05, 3.63) is 82.8 Å². The highest BCUT2D eigenvalue weighted by Gasteiger charge is 2.33. The number of nitrogens with one attached hydrogen (secondary N) is 1. The monoisotopic (exact) mass is 675 g/mol. The van der Waals surface area contributed by atoms with Crippen LogP contribution in [-0.2, 0) is 26.2 Å². The second-order valence-corrected chi connectivity index (χ2v) is 13.4. The van der Waals surface area contributed by atoms with E-state index in [0.29, 0.717) is 18.0 Å². The number of rotatable bonds is 14. The van der Waals surface area contributed by atoms with Gasteiger partial charge in [0.25, 0.3) is 10.0 Å². The number of carbonyl (C=O) groups excluding carboxylic acids is 2. The molecule has 0 unspecified atom stereocenters. The minimum absolute atomic E-state index is 0.0593. The smallest absolute Gasteiger partial charge is 0.264 e. The molecule has 0 heterocycles. The molecule has 3 aromatic carbocycles. The first kappa shape index (κ1) is 33.5. The van der Waals surface area contributed by atoms with Gasteiger partial charge in [-0.1, -0.05) is 35.0 Å². The fourth-order valence-corrected chi connectivity index (χ4v) is 6.20. The third-order valence-electron chi connectivity index (χ3n) is 6.80. The molecule has 0 aliphatic carbocycles. The Morgan fingerprint density at radius 1 is 0.952 bits per heavy atom. The maximum Gasteiger partial charge on any atom is 0.264 e. The zero-order valence-corrected chi connectivity index (χ0v) is 27.8. The van der Waals surface area contributed by atoms with Gasteiger partial charge in [0, 0.05) is 22.0 Å². The molecule has 0 aromatic heterocycles. The van der Waals surface area contributed by atoms with Crippen LogP contribution in [0, 0.1) is 0 Å². The van der Waals surface area contributed by atoms with E-state index in [2.05, 4.69) is 21.2 Å². The molecule has 11 heteroatoms. The Hall–Kier alpha value is -3.02. The van der Waals surface area contributed by atoms with Crippen LogP contribution >= 0.6 is 27.7 Å². The lowest BCUT2D eigenvalue weighted by atomic mass is 10.1. The van der Waals surface area contributed by atoms with Crippen molar-refractivity contribution in [3.63, 3.8) is 0 Å². The molecule has 0 aliphatic heterocycles. The van der Waals surface area contributed by atoms with E-state index in [9.17, 15) is 18.0 Å². The number of ether oxygens (including phenoxy) is 1. The van der Waals surface area contributed by atoms with Crippen molar-refractivity contribution in [2.75, 3.05) is 23.7 Å². The highest BCUT2D eigenvalue weighted by molar-refractivity contribution is 9.10. The van der Waals surface area contributed by atoms with Gasteiger partial charge in [0.2, 0.25) is 11.8 Å². The quantitative estimate of drug-likeness (QED) is 0.208. The summed E-state index contributed by atoms with van der Waals surface area (Å²) < 4.78 is 35.5. The number of carbonyl (C=O) groups is 2. The summed E-state index contributed by atoms with van der Waals surface area (Å²) in [4.78, 5) is 29.6. The highest BCUT2D eigenvalue weighted by Crippen LogP contribution is 2.28. The predicted octanol–water partition coefficient (Wildman–Crippen LogP) is 6.10. The number of hydrogen-bond donors (Lipinski definition) is 1. The Labute approximate surface area is 262 Å². The van der Waals surface area contributed by atoms with Gasteiger partial charge in [-0.15, -0.1) is 11.8 Å². The van der Waals surface area contributed by atoms with Crippen molar-refractivity contribution in [1.82, 2.24) is 10.2 Å². The lowest BCUT2D eigenvalue weighted by molar-refractivity contribution is -0.139. The van der Waals surface area contributed by atoms with E-state index in [4.69, 9.17) is 4.74 Å². The highest BCUT2D eigenvalue weighted by atomic mass is 79.9. The molecule has 0 saturated carbocycles. The maximum atomic E-state index is 14.0. The van der Waals surface area contributed by atoms with Gasteiger partial charge >= 0.3 is 0 Å². The number of amides is 2. The van der Waals surface area contributed by atoms with Crippen LogP contribution in [0.5, 0.6) is 5.75 Å². The molecule has 0 aliphatic rings. The summed E-state index contributed by atoms with van der Waals surface area (Å²) >= 11 is 4.93. The van der Waals surface area contributed by atoms with Gasteiger partial charge in [-0.2, -0.15) is 0 Å². The number of benzene rings is 3. The third-order valence-corrected chi connectivity index (χ3v) is 9.86. The van der Waals surface area contributed by atoms with Gasteiger partial charge < -0.3 is 15.0 Å². The van der Waals surface area contributed by atoms with Crippen molar-refractivity contribution in [2.45, 2.75) is 62.5 Å². The maximum absolute atomic E-state index is 14.0. The Balaban J connectivity index is 2.03. The fourth-order valence-electron chi connectivity index (χ4n) is 4.11. The first-order valence-corrected chi connectivity index (χ1v) is 17.2. The molecule has 8 nitrogen and oxygen atoms in total. The number of nitrogens with zero attached hydrogens (tertiary/aromatic N) is 2. The van der Waals surface area contributed by atoms with E-state index in [1.807, 2.05) is 51.3 Å². The largest absolute Gasteiger partial charge is 0.494 e. The zero-order chi connectivity index (χ0) is 30.9. The molecular formula is C31H38BrN3O5S2. The van der Waals surface area contributed by atoms with Crippen LogP contribution in [0.25, 0.3) is 0 Å². The van der Waals surface area contributed by atoms with Crippen LogP contribution in [0.4, 0.5) is 5.69 Å². The second-order valence-electron chi connectivity index (χ2n) is 9.76. The minimum Gasteiger partial charge on any atom is -0.494 e. The molecule has 42 heavy (non-hydrogen) atoms. The number of halogens is 1. The molecule has 2 atom stereocenters. The van der Waals surface area contributed by atoms with E-state index in [1.54, 1.807) is 43.3 Å². The van der Waals surface area contributed by atoms with E-state index in [-0.39, 0.29) is 23.4 Å². The Kier molecular flexibility index (Phi) is 12.3. The summed E-state index contributed by atoms with van der Waals surface area (Å²) in [5, 5.41) is 2.94. The van der Waals surface area contributed by atoms with Crippen molar-refractivity contribution < 1.29 is 22.7 Å². The molecule has 226 valence electrons. The number of hydrogen-bond acceptors (Lipinski definition) is 6. The van der Waals surface area contributed by atoms with Crippen molar-refractivity contribution in [2.24, 2.45) is 0 Å². The summed E-state index contributed by atoms with van der Waals surface area (Å²) in [7, 11) is -4.15. The van der Waals surface area contributed by atoms with Gasteiger partial charge in [-0.05, 0) is 99.7 Å². The van der Waals surface area contributed by atoms with Crippen molar-refractivity contribution in [3.8, 4) is 5.75 Å². The topological polar surface area (TPSA) is 96.0 Å². The van der Waals surface area contributed by atoms with Crippen LogP contribution < -0.4 is 14.4 Å². The molecule has 0 spiro atoms. The molecule has 3 aromatic rings. The van der Waals surface area contributed by atoms with Crippen LogP contribution in [0.2, 0.25) is 0 Å². The predicted molar refractivity (Wildman–Crippen MR) is 172 cm³/mol. The van der Waals surface area contributed by atoms with Gasteiger partial charge in [-0.25, -0.2) is 8.42 Å². The summed E-state index contributed by atoms with van der Waals surface area (Å²) in [6.07, 6.45) is 2.64. The normalized spacial score (nSPS) is 12.7. The van der Waals surface area contributed by atoms with Gasteiger partial charge in [0.1, 0.15) is 18.3 Å². The average molecular weight is 677 g/mol. The SMILES string of the molecule is CCOc1ccc(N(CC(=O)N(Cc2ccc(Br)cc2)[C@@H](C)C(=O)N[C@@H](C)CC)S(=O)(=O)c2ccc(SC)cc2)cc1. The van der Waals surface area contributed by atoms with E-state index in [1.165, 1.54) is 28.8 Å². The Bertz CT molecular complexity index is 1430. The number of sulfonamides is 1. The average Bonchev–Trinajstić information content (AvgIpc) is 2.99. The lowest BCUT2D eigenvalue weighted by Gasteiger charge is -2.32. The molecule has 0 bridgehead atoms. The fraction of sp³-hybridized carbons (Fsp3) is 0.355. The third kappa shape index (κ3) is 8.75. The lowest BCUT2D eigenvalue weighted by Crippen LogP contribution is -2.52. The van der Waals surface area contributed by atoms with E-state index < -0.39 is 28.5 Å². The molecule has 0 fully saturated rings. The first-order chi connectivity index (χ1) is 20.0. The van der Waals surface area contributed by atoms with Crippen LogP contribution in [-0.4, -0.2) is 56.6 Å². The zero-order valence-electron chi connectivity index (χ0n) is 24.5. The summed E-state index contributed by atoms with van der Waals surface area (Å²) in [6.45, 7) is 7.47. The summed E-state index contributed by atoms with van der Waals surface area (Å²) in [5.74, 6) is -0.234. The van der Waals surface area contributed by atoms with Gasteiger partial charge in [0.05, 0.1) is 17.2 Å². The van der Waals surface area contributed by atoms with Crippen molar-refractivity contribution >= 4 is 55.2 Å². The van der Waals surface area contributed by atoms with Crippen LogP contribution in [0.15, 0.2) is 87.1 Å². The number of anilines is 1. The second kappa shape index (κ2) is 15.5. The van der Waals surface area contributed by atoms with Gasteiger partial charge in [0.15, 0.2) is 0 Å².